The van der Waals surface area contributed by atoms with Crippen LogP contribution in [0.4, 0.5) is 0 Å². The number of nitrogens with one attached hydrogen (secondary N) is 1. The zero-order chi connectivity index (χ0) is 15.6. The highest BCUT2D eigenvalue weighted by molar-refractivity contribution is 9.10. The summed E-state index contributed by atoms with van der Waals surface area (Å²) in [5.74, 6) is 0.220. The molecule has 0 amide bonds. The maximum absolute atomic E-state index is 12.6. The molecule has 2 atom stereocenters. The van der Waals surface area contributed by atoms with E-state index in [-0.39, 0.29) is 16.9 Å². The molecule has 0 aromatic heterocycles. The van der Waals surface area contributed by atoms with E-state index in [1.165, 1.54) is 0 Å². The van der Waals surface area contributed by atoms with Gasteiger partial charge in [-0.25, -0.2) is 13.1 Å². The predicted molar refractivity (Wildman–Crippen MR) is 85.5 cm³/mol. The predicted octanol–water partition coefficient (Wildman–Crippen LogP) is 1.92. The second kappa shape index (κ2) is 6.75. The minimum atomic E-state index is -3.59. The summed E-state index contributed by atoms with van der Waals surface area (Å²) in [6.45, 7) is 5.35. The summed E-state index contributed by atoms with van der Waals surface area (Å²) in [6.07, 6.45) is 0.882. The maximum Gasteiger partial charge on any atom is 0.241 e. The maximum atomic E-state index is 12.6. The van der Waals surface area contributed by atoms with Gasteiger partial charge in [-0.3, -0.25) is 0 Å². The smallest absolute Gasteiger partial charge is 0.241 e. The van der Waals surface area contributed by atoms with Crippen LogP contribution in [-0.4, -0.2) is 27.7 Å². The van der Waals surface area contributed by atoms with Crippen LogP contribution in [0.5, 0.6) is 0 Å². The summed E-state index contributed by atoms with van der Waals surface area (Å²) in [4.78, 5) is 0.244. The molecule has 1 heterocycles. The van der Waals surface area contributed by atoms with Crippen LogP contribution in [0.15, 0.2) is 21.5 Å². The third kappa shape index (κ3) is 3.84. The van der Waals surface area contributed by atoms with Crippen molar-refractivity contribution in [3.8, 4) is 0 Å². The van der Waals surface area contributed by atoms with E-state index in [4.69, 9.17) is 10.5 Å². The molecule has 2 rings (SSSR count). The van der Waals surface area contributed by atoms with Gasteiger partial charge < -0.3 is 10.5 Å². The van der Waals surface area contributed by atoms with Crippen molar-refractivity contribution in [2.24, 2.45) is 11.7 Å². The highest BCUT2D eigenvalue weighted by Gasteiger charge is 2.28. The van der Waals surface area contributed by atoms with Crippen LogP contribution >= 0.6 is 15.9 Å². The standard InChI is InChI=1S/C14H21BrN2O3S/c1-9-5-11(7-16)6-13(14(9)15)21(18,19)17-10(2)12-3-4-20-8-12/h5-6,10,12,17H,3-4,7-8,16H2,1-2H3. The Morgan fingerprint density at radius 2 is 2.24 bits per heavy atom. The lowest BCUT2D eigenvalue weighted by Crippen LogP contribution is -2.38. The Morgan fingerprint density at radius 3 is 2.81 bits per heavy atom. The first kappa shape index (κ1) is 16.9. The van der Waals surface area contributed by atoms with E-state index in [0.29, 0.717) is 24.2 Å². The molecule has 21 heavy (non-hydrogen) atoms. The quantitative estimate of drug-likeness (QED) is 0.822. The molecule has 1 saturated heterocycles. The molecule has 0 saturated carbocycles. The van der Waals surface area contributed by atoms with Crippen molar-refractivity contribution in [1.82, 2.24) is 4.72 Å². The van der Waals surface area contributed by atoms with E-state index < -0.39 is 10.0 Å². The Labute approximate surface area is 134 Å². The van der Waals surface area contributed by atoms with Crippen LogP contribution in [-0.2, 0) is 21.3 Å². The molecule has 0 bridgehead atoms. The fourth-order valence-corrected chi connectivity index (χ4v) is 4.85. The average molecular weight is 377 g/mol. The number of benzene rings is 1. The van der Waals surface area contributed by atoms with Gasteiger partial charge in [0, 0.05) is 29.6 Å². The summed E-state index contributed by atoms with van der Waals surface area (Å²) in [5.41, 5.74) is 7.29. The molecule has 1 aromatic carbocycles. The van der Waals surface area contributed by atoms with Gasteiger partial charge in [-0.05, 0) is 53.4 Å². The fraction of sp³-hybridized carbons (Fsp3) is 0.571. The lowest BCUT2D eigenvalue weighted by Gasteiger charge is -2.20. The van der Waals surface area contributed by atoms with Gasteiger partial charge in [0.25, 0.3) is 0 Å². The van der Waals surface area contributed by atoms with Gasteiger partial charge in [-0.1, -0.05) is 6.07 Å². The van der Waals surface area contributed by atoms with Crippen LogP contribution in [0.3, 0.4) is 0 Å². The highest BCUT2D eigenvalue weighted by atomic mass is 79.9. The van der Waals surface area contributed by atoms with Gasteiger partial charge in [0.05, 0.1) is 11.5 Å². The fourth-order valence-electron chi connectivity index (χ4n) is 2.47. The number of nitrogens with two attached hydrogens (primary N) is 1. The van der Waals surface area contributed by atoms with Crippen LogP contribution in [0.25, 0.3) is 0 Å². The van der Waals surface area contributed by atoms with Crippen molar-refractivity contribution in [1.29, 1.82) is 0 Å². The van der Waals surface area contributed by atoms with Crippen molar-refractivity contribution in [3.63, 3.8) is 0 Å². The van der Waals surface area contributed by atoms with E-state index >= 15 is 0 Å². The minimum Gasteiger partial charge on any atom is -0.381 e. The van der Waals surface area contributed by atoms with Gasteiger partial charge in [0.2, 0.25) is 10.0 Å². The van der Waals surface area contributed by atoms with Crippen LogP contribution < -0.4 is 10.5 Å². The lowest BCUT2D eigenvalue weighted by molar-refractivity contribution is 0.180. The van der Waals surface area contributed by atoms with E-state index in [9.17, 15) is 8.42 Å². The number of ether oxygens (including phenoxy) is 1. The molecular weight excluding hydrogens is 356 g/mol. The number of hydrogen-bond acceptors (Lipinski definition) is 4. The molecule has 5 nitrogen and oxygen atoms in total. The summed E-state index contributed by atoms with van der Waals surface area (Å²) in [6, 6.07) is 3.35. The molecule has 0 aliphatic carbocycles. The largest absolute Gasteiger partial charge is 0.381 e. The summed E-state index contributed by atoms with van der Waals surface area (Å²) in [7, 11) is -3.59. The average Bonchev–Trinajstić information content (AvgIpc) is 2.95. The number of rotatable bonds is 5. The molecule has 2 unspecified atom stereocenters. The van der Waals surface area contributed by atoms with E-state index in [1.54, 1.807) is 6.07 Å². The van der Waals surface area contributed by atoms with Crippen molar-refractivity contribution in [3.05, 3.63) is 27.7 Å². The molecular formula is C14H21BrN2O3S. The second-order valence-corrected chi connectivity index (χ2v) is 7.94. The van der Waals surface area contributed by atoms with Crippen LogP contribution in [0.1, 0.15) is 24.5 Å². The number of halogens is 1. The second-order valence-electron chi connectivity index (χ2n) is 5.46. The molecule has 1 aliphatic rings. The Morgan fingerprint density at radius 1 is 1.52 bits per heavy atom. The first-order chi connectivity index (χ1) is 9.85. The van der Waals surface area contributed by atoms with Crippen molar-refractivity contribution < 1.29 is 13.2 Å². The Kier molecular flexibility index (Phi) is 5.43. The van der Waals surface area contributed by atoms with Gasteiger partial charge in [0.15, 0.2) is 0 Å². The molecule has 0 spiro atoms. The Bertz CT molecular complexity index is 613. The molecule has 7 heteroatoms. The van der Waals surface area contributed by atoms with E-state index in [1.807, 2.05) is 19.9 Å². The summed E-state index contributed by atoms with van der Waals surface area (Å²) >= 11 is 3.37. The zero-order valence-electron chi connectivity index (χ0n) is 12.2. The SMILES string of the molecule is Cc1cc(CN)cc(S(=O)(=O)NC(C)C2CCOC2)c1Br. The number of sulfonamides is 1. The monoisotopic (exact) mass is 376 g/mol. The third-order valence-corrected chi connectivity index (χ3v) is 6.72. The third-order valence-electron chi connectivity index (χ3n) is 3.82. The lowest BCUT2D eigenvalue weighted by atomic mass is 10.0. The van der Waals surface area contributed by atoms with Crippen LogP contribution in [0, 0.1) is 12.8 Å². The van der Waals surface area contributed by atoms with Gasteiger partial charge >= 0.3 is 0 Å². The molecule has 0 radical (unpaired) electrons. The Balaban J connectivity index is 2.28. The first-order valence-corrected chi connectivity index (χ1v) is 9.22. The number of aryl methyl sites for hydroxylation is 1. The first-order valence-electron chi connectivity index (χ1n) is 6.94. The highest BCUT2D eigenvalue weighted by Crippen LogP contribution is 2.28. The zero-order valence-corrected chi connectivity index (χ0v) is 14.6. The normalized spacial score (nSPS) is 20.7. The minimum absolute atomic E-state index is 0.161. The van der Waals surface area contributed by atoms with Crippen molar-refractivity contribution in [2.45, 2.75) is 37.8 Å². The van der Waals surface area contributed by atoms with Crippen molar-refractivity contribution in [2.75, 3.05) is 13.2 Å². The van der Waals surface area contributed by atoms with Gasteiger partial charge in [-0.2, -0.15) is 0 Å². The summed E-state index contributed by atoms with van der Waals surface area (Å²) < 4.78 is 33.9. The number of hydrogen-bond donors (Lipinski definition) is 2. The molecule has 1 fully saturated rings. The molecule has 1 aliphatic heterocycles. The molecule has 3 N–H and O–H groups in total. The Hall–Kier alpha value is -0.470. The van der Waals surface area contributed by atoms with E-state index in [0.717, 1.165) is 17.5 Å². The van der Waals surface area contributed by atoms with Gasteiger partial charge in [0.1, 0.15) is 0 Å². The molecule has 118 valence electrons. The van der Waals surface area contributed by atoms with E-state index in [2.05, 4.69) is 20.7 Å². The summed E-state index contributed by atoms with van der Waals surface area (Å²) in [5, 5.41) is 0. The topological polar surface area (TPSA) is 81.4 Å². The van der Waals surface area contributed by atoms with Gasteiger partial charge in [-0.15, -0.1) is 0 Å². The van der Waals surface area contributed by atoms with Crippen molar-refractivity contribution >= 4 is 26.0 Å². The van der Waals surface area contributed by atoms with Crippen LogP contribution in [0.2, 0.25) is 0 Å². The molecule has 1 aromatic rings.